The molecule has 0 aliphatic carbocycles. The van der Waals surface area contributed by atoms with Gasteiger partial charge in [-0.15, -0.1) is 0 Å². The number of carbonyl (C=O) groups excluding carboxylic acids is 1. The fraction of sp³-hybridized carbons (Fsp3) is 0.208. The number of nitrogens with zero attached hydrogens (tertiary/aromatic N) is 3. The molecule has 1 unspecified atom stereocenters. The van der Waals surface area contributed by atoms with E-state index in [-0.39, 0.29) is 17.8 Å². The lowest BCUT2D eigenvalue weighted by atomic mass is 10.1. The lowest BCUT2D eigenvalue weighted by Crippen LogP contribution is -2.40. The summed E-state index contributed by atoms with van der Waals surface area (Å²) >= 11 is 0. The summed E-state index contributed by atoms with van der Waals surface area (Å²) in [4.78, 5) is 32.5. The van der Waals surface area contributed by atoms with Gasteiger partial charge in [0.15, 0.2) is 0 Å². The van der Waals surface area contributed by atoms with Crippen molar-refractivity contribution in [1.29, 1.82) is 0 Å². The summed E-state index contributed by atoms with van der Waals surface area (Å²) in [5.41, 5.74) is 0.421. The van der Waals surface area contributed by atoms with Crippen LogP contribution in [0.15, 0.2) is 76.1 Å². The number of furan rings is 1. The Hall–Kier alpha value is -3.94. The number of para-hydroxylation sites is 2. The summed E-state index contributed by atoms with van der Waals surface area (Å²) in [6.07, 6.45) is 2.00. The molecule has 0 saturated heterocycles. The van der Waals surface area contributed by atoms with Crippen molar-refractivity contribution in [2.75, 3.05) is 5.32 Å². The first-order valence-electron chi connectivity index (χ1n) is 10.3. The number of carbonyl (C=O) groups is 1. The normalized spacial score (nSPS) is 12.0. The van der Waals surface area contributed by atoms with Crippen LogP contribution in [0.3, 0.4) is 0 Å². The molecule has 0 aliphatic rings. The van der Waals surface area contributed by atoms with Gasteiger partial charge in [-0.05, 0) is 42.8 Å². The Balaban J connectivity index is 1.77. The topological polar surface area (TPSA) is 80.4 Å². The lowest BCUT2D eigenvalue weighted by Gasteiger charge is -2.31. The Morgan fingerprint density at radius 2 is 1.91 bits per heavy atom. The Labute approximate surface area is 184 Å². The molecular weight excluding hydrogens is 411 g/mol. The molecule has 1 N–H and O–H groups in total. The largest absolute Gasteiger partial charge is 0.467 e. The van der Waals surface area contributed by atoms with Crippen molar-refractivity contribution in [3.63, 3.8) is 0 Å². The summed E-state index contributed by atoms with van der Waals surface area (Å²) in [5.74, 6) is 0.451. The molecule has 7 nitrogen and oxygen atoms in total. The molecule has 164 valence electrons. The van der Waals surface area contributed by atoms with Crippen LogP contribution in [-0.4, -0.2) is 20.5 Å². The summed E-state index contributed by atoms with van der Waals surface area (Å²) in [5, 5.41) is 3.14. The first kappa shape index (κ1) is 21.3. The molecular formula is C24H23FN4O3. The smallest absolute Gasteiger partial charge is 0.322 e. The number of hydrogen-bond donors (Lipinski definition) is 1. The molecule has 0 fully saturated rings. The second-order valence-electron chi connectivity index (χ2n) is 7.39. The average Bonchev–Trinajstić information content (AvgIpc) is 3.31. The highest BCUT2D eigenvalue weighted by Crippen LogP contribution is 2.27. The van der Waals surface area contributed by atoms with Gasteiger partial charge in [-0.3, -0.25) is 9.36 Å². The maximum Gasteiger partial charge on any atom is 0.322 e. The second-order valence-corrected chi connectivity index (χ2v) is 7.39. The fourth-order valence-corrected chi connectivity index (χ4v) is 3.72. The van der Waals surface area contributed by atoms with Gasteiger partial charge in [0.05, 0.1) is 35.4 Å². The van der Waals surface area contributed by atoms with Gasteiger partial charge in [-0.2, -0.15) is 0 Å². The van der Waals surface area contributed by atoms with E-state index in [1.807, 2.05) is 13.0 Å². The van der Waals surface area contributed by atoms with E-state index in [9.17, 15) is 14.0 Å². The van der Waals surface area contributed by atoms with E-state index >= 15 is 0 Å². The molecule has 2 amide bonds. The van der Waals surface area contributed by atoms with Gasteiger partial charge in [-0.25, -0.2) is 14.2 Å². The third-order valence-corrected chi connectivity index (χ3v) is 5.36. The number of hydrogen-bond acceptors (Lipinski definition) is 4. The van der Waals surface area contributed by atoms with E-state index in [0.29, 0.717) is 28.9 Å². The lowest BCUT2D eigenvalue weighted by molar-refractivity contribution is 0.169. The van der Waals surface area contributed by atoms with Gasteiger partial charge in [0, 0.05) is 7.05 Å². The first-order chi connectivity index (χ1) is 15.5. The number of aromatic nitrogens is 2. The predicted molar refractivity (Wildman–Crippen MR) is 120 cm³/mol. The molecule has 0 spiro atoms. The summed E-state index contributed by atoms with van der Waals surface area (Å²) in [6.45, 7) is 2.02. The van der Waals surface area contributed by atoms with Gasteiger partial charge in [0.1, 0.15) is 17.4 Å². The van der Waals surface area contributed by atoms with Gasteiger partial charge >= 0.3 is 6.03 Å². The SMILES string of the molecule is CCC(c1nc2ccccc2c(=O)n1C)N(Cc1ccco1)C(=O)Nc1ccccc1F. The number of halogens is 1. The van der Waals surface area contributed by atoms with Crippen molar-refractivity contribution in [2.45, 2.75) is 25.9 Å². The van der Waals surface area contributed by atoms with E-state index in [0.717, 1.165) is 0 Å². The van der Waals surface area contributed by atoms with Crippen LogP contribution in [0.4, 0.5) is 14.9 Å². The number of nitrogens with one attached hydrogen (secondary N) is 1. The van der Waals surface area contributed by atoms with Crippen molar-refractivity contribution >= 4 is 22.6 Å². The quantitative estimate of drug-likeness (QED) is 0.470. The number of urea groups is 1. The number of fused-ring (bicyclic) bond motifs is 1. The summed E-state index contributed by atoms with van der Waals surface area (Å²) in [7, 11) is 1.64. The molecule has 2 aromatic carbocycles. The predicted octanol–water partition coefficient (Wildman–Crippen LogP) is 4.85. The van der Waals surface area contributed by atoms with Crippen LogP contribution in [0.25, 0.3) is 10.9 Å². The van der Waals surface area contributed by atoms with Crippen LogP contribution in [-0.2, 0) is 13.6 Å². The Morgan fingerprint density at radius 3 is 2.62 bits per heavy atom. The zero-order valence-corrected chi connectivity index (χ0v) is 17.8. The van der Waals surface area contributed by atoms with Crippen molar-refractivity contribution in [1.82, 2.24) is 14.5 Å². The van der Waals surface area contributed by atoms with E-state index in [1.54, 1.807) is 49.5 Å². The number of benzene rings is 2. The Bertz CT molecular complexity index is 1300. The molecule has 0 saturated carbocycles. The summed E-state index contributed by atoms with van der Waals surface area (Å²) < 4.78 is 21.1. The average molecular weight is 434 g/mol. The van der Waals surface area contributed by atoms with E-state index in [4.69, 9.17) is 9.40 Å². The van der Waals surface area contributed by atoms with Crippen LogP contribution >= 0.6 is 0 Å². The Morgan fingerprint density at radius 1 is 1.16 bits per heavy atom. The highest BCUT2D eigenvalue weighted by atomic mass is 19.1. The summed E-state index contributed by atoms with van der Waals surface area (Å²) in [6, 6.07) is 15.4. The van der Waals surface area contributed by atoms with Crippen LogP contribution in [0.5, 0.6) is 0 Å². The minimum Gasteiger partial charge on any atom is -0.467 e. The molecule has 32 heavy (non-hydrogen) atoms. The molecule has 8 heteroatoms. The van der Waals surface area contributed by atoms with Crippen LogP contribution in [0.1, 0.15) is 31.0 Å². The maximum atomic E-state index is 14.2. The Kier molecular flexibility index (Phi) is 6.02. The van der Waals surface area contributed by atoms with Crippen molar-refractivity contribution in [3.05, 3.63) is 94.7 Å². The van der Waals surface area contributed by atoms with Crippen molar-refractivity contribution < 1.29 is 13.6 Å². The molecule has 2 heterocycles. The van der Waals surface area contributed by atoms with Gasteiger partial charge in [-0.1, -0.05) is 31.2 Å². The van der Waals surface area contributed by atoms with Gasteiger partial charge in [0.2, 0.25) is 0 Å². The third-order valence-electron chi connectivity index (χ3n) is 5.36. The van der Waals surface area contributed by atoms with E-state index in [1.165, 1.54) is 27.9 Å². The zero-order valence-electron chi connectivity index (χ0n) is 17.8. The van der Waals surface area contributed by atoms with Crippen molar-refractivity contribution in [3.8, 4) is 0 Å². The van der Waals surface area contributed by atoms with Crippen LogP contribution in [0, 0.1) is 5.82 Å². The number of amides is 2. The minimum atomic E-state index is -0.561. The van der Waals surface area contributed by atoms with Crippen molar-refractivity contribution in [2.24, 2.45) is 7.05 Å². The minimum absolute atomic E-state index is 0.0668. The molecule has 0 aliphatic heterocycles. The molecule has 4 aromatic rings. The van der Waals surface area contributed by atoms with Crippen LogP contribution in [0.2, 0.25) is 0 Å². The molecule has 2 aromatic heterocycles. The molecule has 0 bridgehead atoms. The standard InChI is InChI=1S/C24H23FN4O3/c1-3-21(22-26-19-12-6-4-10-17(19)23(30)28(22)2)29(15-16-9-8-14-32-16)24(31)27-20-13-7-5-11-18(20)25/h4-14,21H,3,15H2,1-2H3,(H,27,31). The van der Waals surface area contributed by atoms with E-state index < -0.39 is 17.9 Å². The van der Waals surface area contributed by atoms with Gasteiger partial charge < -0.3 is 14.6 Å². The maximum absolute atomic E-state index is 14.2. The van der Waals surface area contributed by atoms with Gasteiger partial charge in [0.25, 0.3) is 5.56 Å². The second kappa shape index (κ2) is 9.05. The van der Waals surface area contributed by atoms with Crippen LogP contribution < -0.4 is 10.9 Å². The highest BCUT2D eigenvalue weighted by molar-refractivity contribution is 5.89. The molecule has 4 rings (SSSR count). The molecule has 1 atom stereocenters. The number of anilines is 1. The van der Waals surface area contributed by atoms with E-state index in [2.05, 4.69) is 5.32 Å². The highest BCUT2D eigenvalue weighted by Gasteiger charge is 2.29. The fourth-order valence-electron chi connectivity index (χ4n) is 3.72. The zero-order chi connectivity index (χ0) is 22.7. The molecule has 0 radical (unpaired) electrons. The first-order valence-corrected chi connectivity index (χ1v) is 10.3. The monoisotopic (exact) mass is 434 g/mol. The number of rotatable bonds is 6. The third kappa shape index (κ3) is 4.12.